The zero-order chi connectivity index (χ0) is 18.5. The van der Waals surface area contributed by atoms with E-state index in [0.717, 1.165) is 12.1 Å². The lowest BCUT2D eigenvalue weighted by molar-refractivity contribution is -0.137. The molecule has 1 aliphatic heterocycles. The van der Waals surface area contributed by atoms with Crippen molar-refractivity contribution >= 4 is 12.6 Å². The van der Waals surface area contributed by atoms with Gasteiger partial charge in [0.05, 0.1) is 16.8 Å². The Kier molecular flexibility index (Phi) is 4.16. The van der Waals surface area contributed by atoms with Crippen molar-refractivity contribution in [1.82, 2.24) is 9.97 Å². The van der Waals surface area contributed by atoms with Gasteiger partial charge in [0, 0.05) is 23.4 Å². The fraction of sp³-hybridized carbons (Fsp3) is 0.412. The molecule has 0 bridgehead atoms. The molecule has 1 fully saturated rings. The van der Waals surface area contributed by atoms with E-state index in [4.69, 9.17) is 9.31 Å². The molecule has 4 nitrogen and oxygen atoms in total. The highest BCUT2D eigenvalue weighted by atomic mass is 19.4. The van der Waals surface area contributed by atoms with Crippen LogP contribution in [-0.2, 0) is 15.5 Å². The smallest absolute Gasteiger partial charge is 0.399 e. The van der Waals surface area contributed by atoms with Crippen LogP contribution < -0.4 is 5.46 Å². The van der Waals surface area contributed by atoms with Crippen molar-refractivity contribution in [2.45, 2.75) is 45.1 Å². The van der Waals surface area contributed by atoms with E-state index in [1.807, 2.05) is 27.7 Å². The van der Waals surface area contributed by atoms with Gasteiger partial charge in [0.2, 0.25) is 0 Å². The van der Waals surface area contributed by atoms with Crippen LogP contribution in [0.3, 0.4) is 0 Å². The summed E-state index contributed by atoms with van der Waals surface area (Å²) in [6.45, 7) is 7.74. The molecule has 0 N–H and O–H groups in total. The molecule has 2 heterocycles. The number of nitrogens with zero attached hydrogens (tertiary/aromatic N) is 2. The molecule has 0 amide bonds. The van der Waals surface area contributed by atoms with Gasteiger partial charge in [0.15, 0.2) is 5.82 Å². The second-order valence-electron chi connectivity index (χ2n) is 7.01. The van der Waals surface area contributed by atoms with Crippen LogP contribution in [0, 0.1) is 0 Å². The minimum atomic E-state index is -4.40. The molecule has 2 aromatic rings. The van der Waals surface area contributed by atoms with Gasteiger partial charge in [0.25, 0.3) is 0 Å². The molecule has 132 valence electrons. The summed E-state index contributed by atoms with van der Waals surface area (Å²) in [6.07, 6.45) is -1.37. The summed E-state index contributed by atoms with van der Waals surface area (Å²) in [5.74, 6) is 0.214. The van der Waals surface area contributed by atoms with Crippen molar-refractivity contribution in [3.8, 4) is 11.4 Å². The molecule has 0 aliphatic carbocycles. The van der Waals surface area contributed by atoms with E-state index in [1.165, 1.54) is 18.5 Å². The molecule has 1 aliphatic rings. The van der Waals surface area contributed by atoms with Gasteiger partial charge in [-0.1, -0.05) is 12.1 Å². The monoisotopic (exact) mass is 350 g/mol. The summed E-state index contributed by atoms with van der Waals surface area (Å²) in [7, 11) is -0.611. The van der Waals surface area contributed by atoms with Gasteiger partial charge in [-0.15, -0.1) is 0 Å². The Morgan fingerprint density at radius 2 is 1.52 bits per heavy atom. The normalized spacial score (nSPS) is 19.2. The summed E-state index contributed by atoms with van der Waals surface area (Å²) in [5, 5.41) is 0. The maximum atomic E-state index is 12.8. The zero-order valence-corrected chi connectivity index (χ0v) is 14.4. The average molecular weight is 350 g/mol. The van der Waals surface area contributed by atoms with Crippen LogP contribution in [0.4, 0.5) is 13.2 Å². The number of benzene rings is 1. The third-order valence-electron chi connectivity index (χ3n) is 4.65. The summed E-state index contributed by atoms with van der Waals surface area (Å²) in [4.78, 5) is 8.35. The van der Waals surface area contributed by atoms with Gasteiger partial charge >= 0.3 is 13.3 Å². The number of hydrogen-bond acceptors (Lipinski definition) is 4. The van der Waals surface area contributed by atoms with Crippen molar-refractivity contribution in [3.63, 3.8) is 0 Å². The van der Waals surface area contributed by atoms with Gasteiger partial charge in [-0.25, -0.2) is 9.97 Å². The maximum absolute atomic E-state index is 12.8. The molecule has 0 unspecified atom stereocenters. The summed E-state index contributed by atoms with van der Waals surface area (Å²) in [5.41, 5.74) is -0.789. The lowest BCUT2D eigenvalue weighted by Gasteiger charge is -2.32. The third-order valence-corrected chi connectivity index (χ3v) is 4.65. The molecule has 0 atom stereocenters. The third kappa shape index (κ3) is 3.41. The molecule has 0 radical (unpaired) electrons. The highest BCUT2D eigenvalue weighted by molar-refractivity contribution is 6.61. The Labute approximate surface area is 144 Å². The van der Waals surface area contributed by atoms with Gasteiger partial charge in [-0.2, -0.15) is 13.2 Å². The SMILES string of the molecule is CC1(C)OB(c2cnc(-c3cccc(C(F)(F)F)c3)nc2)OC1(C)C. The molecule has 0 saturated carbocycles. The first kappa shape index (κ1) is 17.9. The van der Waals surface area contributed by atoms with Crippen molar-refractivity contribution in [1.29, 1.82) is 0 Å². The van der Waals surface area contributed by atoms with Crippen LogP contribution in [0.1, 0.15) is 33.3 Å². The van der Waals surface area contributed by atoms with E-state index in [2.05, 4.69) is 9.97 Å². The van der Waals surface area contributed by atoms with Gasteiger partial charge in [0.1, 0.15) is 0 Å². The van der Waals surface area contributed by atoms with Crippen molar-refractivity contribution in [3.05, 3.63) is 42.2 Å². The number of rotatable bonds is 2. The van der Waals surface area contributed by atoms with E-state index in [0.29, 0.717) is 11.0 Å². The molecule has 25 heavy (non-hydrogen) atoms. The van der Waals surface area contributed by atoms with Crippen molar-refractivity contribution in [2.75, 3.05) is 0 Å². The Hall–Kier alpha value is -1.93. The lowest BCUT2D eigenvalue weighted by atomic mass is 9.81. The van der Waals surface area contributed by atoms with E-state index < -0.39 is 30.1 Å². The van der Waals surface area contributed by atoms with Crippen LogP contribution >= 0.6 is 0 Å². The first-order chi connectivity index (χ1) is 11.5. The lowest BCUT2D eigenvalue weighted by Crippen LogP contribution is -2.41. The molecular weight excluding hydrogens is 332 g/mol. The predicted molar refractivity (Wildman–Crippen MR) is 88.2 cm³/mol. The van der Waals surface area contributed by atoms with E-state index in [1.54, 1.807) is 6.07 Å². The highest BCUT2D eigenvalue weighted by Crippen LogP contribution is 2.36. The Balaban J connectivity index is 1.85. The zero-order valence-electron chi connectivity index (χ0n) is 14.4. The van der Waals surface area contributed by atoms with Gasteiger partial charge < -0.3 is 9.31 Å². The molecule has 1 aromatic heterocycles. The number of hydrogen-bond donors (Lipinski definition) is 0. The summed E-state index contributed by atoms with van der Waals surface area (Å²) in [6, 6.07) is 4.93. The van der Waals surface area contributed by atoms with E-state index in [-0.39, 0.29) is 5.82 Å². The van der Waals surface area contributed by atoms with Gasteiger partial charge in [-0.3, -0.25) is 0 Å². The molecule has 8 heteroatoms. The highest BCUT2D eigenvalue weighted by Gasteiger charge is 2.51. The maximum Gasteiger partial charge on any atom is 0.498 e. The Morgan fingerprint density at radius 3 is 2.04 bits per heavy atom. The Bertz CT molecular complexity index is 760. The van der Waals surface area contributed by atoms with Crippen LogP contribution in [0.5, 0.6) is 0 Å². The first-order valence-corrected chi connectivity index (χ1v) is 7.85. The van der Waals surface area contributed by atoms with Crippen LogP contribution in [0.15, 0.2) is 36.7 Å². The molecule has 1 saturated heterocycles. The Morgan fingerprint density at radius 1 is 0.960 bits per heavy atom. The topological polar surface area (TPSA) is 44.2 Å². The summed E-state index contributed by atoms with van der Waals surface area (Å²) < 4.78 is 50.3. The number of aromatic nitrogens is 2. The quantitative estimate of drug-likeness (QED) is 0.778. The van der Waals surface area contributed by atoms with Crippen LogP contribution in [0.25, 0.3) is 11.4 Å². The standard InChI is InChI=1S/C17H18BF3N2O2/c1-15(2)16(3,4)25-18(24-15)13-9-22-14(23-10-13)11-6-5-7-12(8-11)17(19,20)21/h5-10H,1-4H3. The van der Waals surface area contributed by atoms with Gasteiger partial charge in [-0.05, 0) is 39.8 Å². The molecule has 3 rings (SSSR count). The fourth-order valence-electron chi connectivity index (χ4n) is 2.42. The van der Waals surface area contributed by atoms with Crippen LogP contribution in [0.2, 0.25) is 0 Å². The summed E-state index contributed by atoms with van der Waals surface area (Å²) >= 11 is 0. The molecular formula is C17H18BF3N2O2. The molecule has 0 spiro atoms. The first-order valence-electron chi connectivity index (χ1n) is 7.85. The minimum Gasteiger partial charge on any atom is -0.399 e. The van der Waals surface area contributed by atoms with Crippen LogP contribution in [-0.4, -0.2) is 28.3 Å². The largest absolute Gasteiger partial charge is 0.498 e. The fourth-order valence-corrected chi connectivity index (χ4v) is 2.42. The minimum absolute atomic E-state index is 0.214. The predicted octanol–water partition coefficient (Wildman–Crippen LogP) is 3.46. The molecule has 1 aromatic carbocycles. The number of halogens is 3. The second-order valence-corrected chi connectivity index (χ2v) is 7.01. The second kappa shape index (κ2) is 5.81. The van der Waals surface area contributed by atoms with E-state index >= 15 is 0 Å². The number of alkyl halides is 3. The van der Waals surface area contributed by atoms with E-state index in [9.17, 15) is 13.2 Å². The van der Waals surface area contributed by atoms with Crippen molar-refractivity contribution in [2.24, 2.45) is 0 Å². The average Bonchev–Trinajstić information content (AvgIpc) is 2.75. The van der Waals surface area contributed by atoms with Crippen molar-refractivity contribution < 1.29 is 22.5 Å².